The smallest absolute Gasteiger partial charge is 0.308 e. The molecule has 1 amide bonds. The molecule has 0 aromatic heterocycles. The molecule has 6 rings (SSSR count). The van der Waals surface area contributed by atoms with E-state index in [1.807, 2.05) is 43.1 Å². The highest BCUT2D eigenvalue weighted by atomic mass is 16.6. The van der Waals surface area contributed by atoms with Gasteiger partial charge >= 0.3 is 5.97 Å². The van der Waals surface area contributed by atoms with E-state index in [-0.39, 0.29) is 35.0 Å². The second-order valence-corrected chi connectivity index (χ2v) is 11.2. The number of phenols is 1. The number of hydrogen-bond acceptors (Lipinski definition) is 6. The van der Waals surface area contributed by atoms with Crippen LogP contribution in [-0.2, 0) is 21.4 Å². The molecule has 1 saturated carbocycles. The van der Waals surface area contributed by atoms with E-state index in [0.29, 0.717) is 17.7 Å². The van der Waals surface area contributed by atoms with Gasteiger partial charge in [-0.25, -0.2) is 0 Å². The standard InChI is InChI=1S/C30H34N2O5/c1-17-6-5-7-19(14-17)8-11-26(35)32(4)22-10-9-21-23-15-20-24(34)16-25(36-18(2)33)28-27(20)30(21,29(22)37-28)12-13-31(23)3/h5-8,11,14,16,21-23,29,34H,9-10,12-13,15H2,1-4H3/t21-,22-,23+,29-,30-/m0/s1. The van der Waals surface area contributed by atoms with E-state index in [9.17, 15) is 14.7 Å². The Morgan fingerprint density at radius 1 is 1.27 bits per heavy atom. The van der Waals surface area contributed by atoms with Crippen molar-refractivity contribution in [2.75, 3.05) is 20.6 Å². The van der Waals surface area contributed by atoms with Crippen LogP contribution in [0, 0.1) is 12.8 Å². The Labute approximate surface area is 217 Å². The predicted octanol–water partition coefficient (Wildman–Crippen LogP) is 3.84. The zero-order valence-electron chi connectivity index (χ0n) is 21.9. The molecule has 2 fully saturated rings. The third-order valence-corrected chi connectivity index (χ3v) is 9.21. The number of carbonyl (C=O) groups excluding carboxylic acids is 2. The minimum Gasteiger partial charge on any atom is -0.508 e. The SMILES string of the molecule is CC(=O)Oc1cc(O)c2c3c1O[C@H]1[C@@H](N(C)C(=O)C=Cc4cccc(C)c4)CC[C@H]4[C@@H](C2)N(C)CC[C@@]341. The van der Waals surface area contributed by atoms with Gasteiger partial charge in [-0.05, 0) is 63.8 Å². The fraction of sp³-hybridized carbons (Fsp3) is 0.467. The molecule has 37 heavy (non-hydrogen) atoms. The first-order valence-electron chi connectivity index (χ1n) is 13.2. The van der Waals surface area contributed by atoms with Crippen molar-refractivity contribution in [1.82, 2.24) is 9.80 Å². The van der Waals surface area contributed by atoms with Crippen molar-refractivity contribution in [3.8, 4) is 17.2 Å². The number of nitrogens with zero attached hydrogens (tertiary/aromatic N) is 2. The first-order chi connectivity index (χ1) is 17.7. The van der Waals surface area contributed by atoms with Crippen LogP contribution in [0.4, 0.5) is 0 Å². The fourth-order valence-electron chi connectivity index (χ4n) is 7.61. The second-order valence-electron chi connectivity index (χ2n) is 11.2. The summed E-state index contributed by atoms with van der Waals surface area (Å²) in [6.45, 7) is 4.30. The van der Waals surface area contributed by atoms with Crippen LogP contribution in [0.25, 0.3) is 6.08 Å². The number of benzene rings is 2. The highest BCUT2D eigenvalue weighted by Gasteiger charge is 2.66. The van der Waals surface area contributed by atoms with E-state index in [1.54, 1.807) is 6.08 Å². The molecule has 1 N–H and O–H groups in total. The average molecular weight is 503 g/mol. The maximum absolute atomic E-state index is 13.4. The van der Waals surface area contributed by atoms with Gasteiger partial charge < -0.3 is 24.4 Å². The molecule has 194 valence electrons. The second kappa shape index (κ2) is 8.62. The van der Waals surface area contributed by atoms with Gasteiger partial charge in [0.15, 0.2) is 11.5 Å². The van der Waals surface area contributed by atoms with Crippen molar-refractivity contribution in [1.29, 1.82) is 0 Å². The van der Waals surface area contributed by atoms with Crippen LogP contribution in [-0.4, -0.2) is 65.6 Å². The van der Waals surface area contributed by atoms with Crippen molar-refractivity contribution < 1.29 is 24.2 Å². The highest BCUT2D eigenvalue weighted by Crippen LogP contribution is 2.65. The van der Waals surface area contributed by atoms with Crippen LogP contribution >= 0.6 is 0 Å². The van der Waals surface area contributed by atoms with Crippen molar-refractivity contribution in [2.45, 2.75) is 63.1 Å². The quantitative estimate of drug-likeness (QED) is 0.389. The number of aryl methyl sites for hydroxylation is 1. The summed E-state index contributed by atoms with van der Waals surface area (Å²) in [4.78, 5) is 29.5. The molecule has 2 aromatic rings. The van der Waals surface area contributed by atoms with Crippen LogP contribution in [0.5, 0.6) is 17.2 Å². The summed E-state index contributed by atoms with van der Waals surface area (Å²) in [5, 5.41) is 11.0. The molecular formula is C30H34N2O5. The number of esters is 1. The fourth-order valence-corrected chi connectivity index (χ4v) is 7.61. The average Bonchev–Trinajstić information content (AvgIpc) is 3.20. The predicted molar refractivity (Wildman–Crippen MR) is 140 cm³/mol. The van der Waals surface area contributed by atoms with Crippen LogP contribution in [0.2, 0.25) is 0 Å². The van der Waals surface area contributed by atoms with E-state index in [2.05, 4.69) is 18.0 Å². The molecule has 0 unspecified atom stereocenters. The van der Waals surface area contributed by atoms with Gasteiger partial charge in [-0.1, -0.05) is 29.8 Å². The molecule has 2 aliphatic heterocycles. The summed E-state index contributed by atoms with van der Waals surface area (Å²) in [7, 11) is 4.02. The van der Waals surface area contributed by atoms with E-state index in [0.717, 1.165) is 54.5 Å². The van der Waals surface area contributed by atoms with Crippen molar-refractivity contribution >= 4 is 18.0 Å². The molecule has 4 aliphatic rings. The lowest BCUT2D eigenvalue weighted by Gasteiger charge is -2.59. The van der Waals surface area contributed by atoms with Gasteiger partial charge in [0.2, 0.25) is 5.91 Å². The first kappa shape index (κ1) is 24.0. The Kier molecular flexibility index (Phi) is 5.60. The first-order valence-corrected chi connectivity index (χ1v) is 13.2. The minimum atomic E-state index is -0.453. The third kappa shape index (κ3) is 3.58. The zero-order chi connectivity index (χ0) is 26.1. The van der Waals surface area contributed by atoms with Crippen molar-refractivity contribution in [3.05, 3.63) is 58.7 Å². The Hall–Kier alpha value is -3.32. The third-order valence-electron chi connectivity index (χ3n) is 9.21. The summed E-state index contributed by atoms with van der Waals surface area (Å²) >= 11 is 0. The van der Waals surface area contributed by atoms with Crippen LogP contribution in [0.15, 0.2) is 36.4 Å². The minimum absolute atomic E-state index is 0.0653. The Balaban J connectivity index is 1.39. The lowest BCUT2D eigenvalue weighted by atomic mass is 9.51. The number of piperidine rings is 1. The maximum atomic E-state index is 13.4. The number of likely N-dealkylation sites (N-methyl/N-ethyl adjacent to an activating group) is 2. The molecular weight excluding hydrogens is 468 g/mol. The van der Waals surface area contributed by atoms with Crippen LogP contribution < -0.4 is 9.47 Å². The summed E-state index contributed by atoms with van der Waals surface area (Å²) in [6, 6.07) is 9.74. The number of ether oxygens (including phenoxy) is 2. The molecule has 5 atom stereocenters. The number of carbonyl (C=O) groups is 2. The van der Waals surface area contributed by atoms with Gasteiger partial charge in [0.1, 0.15) is 11.9 Å². The molecule has 7 nitrogen and oxygen atoms in total. The largest absolute Gasteiger partial charge is 0.508 e. The summed E-state index contributed by atoms with van der Waals surface area (Å²) in [5.74, 6) is 0.833. The van der Waals surface area contributed by atoms with Crippen molar-refractivity contribution in [3.63, 3.8) is 0 Å². The molecule has 0 radical (unpaired) electrons. The molecule has 2 heterocycles. The topological polar surface area (TPSA) is 79.3 Å². The van der Waals surface area contributed by atoms with E-state index < -0.39 is 5.97 Å². The lowest BCUT2D eigenvalue weighted by Crippen LogP contribution is -2.68. The van der Waals surface area contributed by atoms with E-state index >= 15 is 0 Å². The van der Waals surface area contributed by atoms with Crippen LogP contribution in [0.1, 0.15) is 48.4 Å². The van der Waals surface area contributed by atoms with Gasteiger partial charge in [0, 0.05) is 48.7 Å². The molecule has 1 spiro atoms. The molecule has 2 bridgehead atoms. The Bertz CT molecular complexity index is 1320. The number of likely N-dealkylation sites (tertiary alicyclic amines) is 1. The van der Waals surface area contributed by atoms with Gasteiger partial charge in [-0.3, -0.25) is 9.59 Å². The molecule has 2 aromatic carbocycles. The zero-order valence-corrected chi connectivity index (χ0v) is 21.9. The van der Waals surface area contributed by atoms with Gasteiger partial charge in [-0.15, -0.1) is 0 Å². The highest BCUT2D eigenvalue weighted by molar-refractivity contribution is 5.92. The van der Waals surface area contributed by atoms with E-state index in [4.69, 9.17) is 9.47 Å². The Morgan fingerprint density at radius 2 is 2.08 bits per heavy atom. The lowest BCUT2D eigenvalue weighted by molar-refractivity contribution is -0.134. The van der Waals surface area contributed by atoms with Crippen LogP contribution in [0.3, 0.4) is 0 Å². The number of hydrogen-bond donors (Lipinski definition) is 1. The molecule has 1 saturated heterocycles. The number of amides is 1. The van der Waals surface area contributed by atoms with Crippen molar-refractivity contribution in [2.24, 2.45) is 5.92 Å². The monoisotopic (exact) mass is 502 g/mol. The molecule has 7 heteroatoms. The van der Waals surface area contributed by atoms with Gasteiger partial charge in [-0.2, -0.15) is 0 Å². The van der Waals surface area contributed by atoms with Gasteiger partial charge in [0.05, 0.1) is 6.04 Å². The summed E-state index contributed by atoms with van der Waals surface area (Å²) in [5.41, 5.74) is 3.71. The normalized spacial score (nSPS) is 29.5. The summed E-state index contributed by atoms with van der Waals surface area (Å²) < 4.78 is 12.3. The maximum Gasteiger partial charge on any atom is 0.308 e. The number of aromatic hydroxyl groups is 1. The Morgan fingerprint density at radius 3 is 2.84 bits per heavy atom. The summed E-state index contributed by atoms with van der Waals surface area (Å²) in [6.07, 6.45) is 6.65. The van der Waals surface area contributed by atoms with E-state index in [1.165, 1.54) is 13.0 Å². The number of rotatable bonds is 4. The number of phenolic OH excluding ortho intramolecular Hbond substituents is 1. The van der Waals surface area contributed by atoms with Gasteiger partial charge in [0.25, 0.3) is 0 Å². The molecule has 2 aliphatic carbocycles.